The molecule has 7 heteroatoms. The molecule has 29 heavy (non-hydrogen) atoms. The van der Waals surface area contributed by atoms with Gasteiger partial charge in [-0.15, -0.1) is 0 Å². The summed E-state index contributed by atoms with van der Waals surface area (Å²) in [6.45, 7) is 3.61. The molecule has 3 aromatic rings. The van der Waals surface area contributed by atoms with E-state index in [0.29, 0.717) is 25.3 Å². The van der Waals surface area contributed by atoms with Crippen molar-refractivity contribution < 1.29 is 9.53 Å². The predicted molar refractivity (Wildman–Crippen MR) is 113 cm³/mol. The fraction of sp³-hybridized carbons (Fsp3) is 0.227. The summed E-state index contributed by atoms with van der Waals surface area (Å²) >= 11 is 0. The second kappa shape index (κ2) is 9.16. The number of benzene rings is 1. The van der Waals surface area contributed by atoms with Crippen molar-refractivity contribution in [3.63, 3.8) is 0 Å². The van der Waals surface area contributed by atoms with Gasteiger partial charge in [0.15, 0.2) is 0 Å². The number of nitrogens with one attached hydrogen (secondary N) is 2. The normalized spacial score (nSPS) is 13.7. The van der Waals surface area contributed by atoms with Crippen molar-refractivity contribution in [2.75, 3.05) is 41.8 Å². The van der Waals surface area contributed by atoms with Crippen LogP contribution in [0.2, 0.25) is 0 Å². The van der Waals surface area contributed by atoms with Crippen LogP contribution in [0.25, 0.3) is 0 Å². The van der Waals surface area contributed by atoms with Gasteiger partial charge in [0.05, 0.1) is 35.8 Å². The summed E-state index contributed by atoms with van der Waals surface area (Å²) in [4.78, 5) is 23.4. The van der Waals surface area contributed by atoms with Crippen LogP contribution in [0.3, 0.4) is 0 Å². The fourth-order valence-corrected chi connectivity index (χ4v) is 3.22. The maximum Gasteiger partial charge on any atom is 0.257 e. The average molecular weight is 389 g/mol. The number of anilines is 3. The second-order valence-corrected chi connectivity index (χ2v) is 6.75. The Kier molecular flexibility index (Phi) is 5.97. The van der Waals surface area contributed by atoms with Crippen molar-refractivity contribution in [1.82, 2.24) is 9.97 Å². The summed E-state index contributed by atoms with van der Waals surface area (Å²) in [5.74, 6) is -0.191. The molecule has 1 aromatic carbocycles. The standard InChI is InChI=1S/C22H23N5O2/c28-22(26-20-5-1-2-6-21(20)27-8-10-29-11-9-27)18-12-19(16-24-15-18)25-14-17-4-3-7-23-13-17/h1-7,12-13,15-16,25H,8-11,14H2,(H,26,28). The SMILES string of the molecule is O=C(Nc1ccccc1N1CCOCC1)c1cncc(NCc2cccnc2)c1. The van der Waals surface area contributed by atoms with Gasteiger partial charge in [-0.05, 0) is 29.8 Å². The van der Waals surface area contributed by atoms with Crippen molar-refractivity contribution in [2.24, 2.45) is 0 Å². The van der Waals surface area contributed by atoms with Gasteiger partial charge < -0.3 is 20.3 Å². The number of morpholine rings is 1. The van der Waals surface area contributed by atoms with E-state index >= 15 is 0 Å². The van der Waals surface area contributed by atoms with Gasteiger partial charge in [-0.3, -0.25) is 14.8 Å². The van der Waals surface area contributed by atoms with E-state index in [1.54, 1.807) is 30.9 Å². The number of pyridine rings is 2. The van der Waals surface area contributed by atoms with Crippen molar-refractivity contribution >= 4 is 23.0 Å². The van der Waals surface area contributed by atoms with E-state index in [1.807, 2.05) is 36.4 Å². The first-order chi connectivity index (χ1) is 14.3. The quantitative estimate of drug-likeness (QED) is 0.674. The molecule has 148 valence electrons. The predicted octanol–water partition coefficient (Wildman–Crippen LogP) is 3.18. The Balaban J connectivity index is 1.45. The smallest absolute Gasteiger partial charge is 0.257 e. The highest BCUT2D eigenvalue weighted by molar-refractivity contribution is 6.06. The van der Waals surface area contributed by atoms with Gasteiger partial charge in [0.1, 0.15) is 0 Å². The Morgan fingerprint density at radius 1 is 1.03 bits per heavy atom. The van der Waals surface area contributed by atoms with E-state index in [-0.39, 0.29) is 5.91 Å². The zero-order chi connectivity index (χ0) is 19.9. The molecule has 0 aliphatic carbocycles. The number of amides is 1. The number of rotatable bonds is 6. The average Bonchev–Trinajstić information content (AvgIpc) is 2.79. The lowest BCUT2D eigenvalue weighted by molar-refractivity contribution is 0.102. The molecule has 0 bridgehead atoms. The molecule has 0 unspecified atom stereocenters. The van der Waals surface area contributed by atoms with Gasteiger partial charge >= 0.3 is 0 Å². The topological polar surface area (TPSA) is 79.4 Å². The summed E-state index contributed by atoms with van der Waals surface area (Å²) in [5.41, 5.74) is 4.12. The Hall–Kier alpha value is -3.45. The highest BCUT2D eigenvalue weighted by atomic mass is 16.5. The minimum atomic E-state index is -0.191. The fourth-order valence-electron chi connectivity index (χ4n) is 3.22. The number of carbonyl (C=O) groups is 1. The summed E-state index contributed by atoms with van der Waals surface area (Å²) in [6, 6.07) is 13.5. The molecule has 3 heterocycles. The van der Waals surface area contributed by atoms with Crippen molar-refractivity contribution in [3.05, 3.63) is 78.4 Å². The van der Waals surface area contributed by atoms with Gasteiger partial charge in [-0.25, -0.2) is 0 Å². The Bertz CT molecular complexity index is 958. The monoisotopic (exact) mass is 389 g/mol. The molecular formula is C22H23N5O2. The molecule has 0 radical (unpaired) electrons. The maximum absolute atomic E-state index is 12.8. The van der Waals surface area contributed by atoms with Crippen LogP contribution in [0.1, 0.15) is 15.9 Å². The van der Waals surface area contributed by atoms with Crippen LogP contribution in [-0.2, 0) is 11.3 Å². The Labute approximate surface area is 169 Å². The van der Waals surface area contributed by atoms with Crippen LogP contribution < -0.4 is 15.5 Å². The summed E-state index contributed by atoms with van der Waals surface area (Å²) in [5, 5.41) is 6.30. The first-order valence-electron chi connectivity index (χ1n) is 9.60. The zero-order valence-corrected chi connectivity index (χ0v) is 16.0. The van der Waals surface area contributed by atoms with Crippen LogP contribution in [0.15, 0.2) is 67.3 Å². The number of hydrogen-bond donors (Lipinski definition) is 2. The number of para-hydroxylation sites is 2. The van der Waals surface area contributed by atoms with Crippen LogP contribution in [0, 0.1) is 0 Å². The van der Waals surface area contributed by atoms with E-state index in [1.165, 1.54) is 0 Å². The van der Waals surface area contributed by atoms with Crippen LogP contribution in [0.4, 0.5) is 17.1 Å². The first-order valence-corrected chi connectivity index (χ1v) is 9.60. The molecule has 4 rings (SSSR count). The molecule has 1 aliphatic heterocycles. The zero-order valence-electron chi connectivity index (χ0n) is 16.0. The minimum absolute atomic E-state index is 0.191. The van der Waals surface area contributed by atoms with Crippen LogP contribution >= 0.6 is 0 Å². The van der Waals surface area contributed by atoms with Gasteiger partial charge in [0, 0.05) is 44.4 Å². The summed E-state index contributed by atoms with van der Waals surface area (Å²) in [6.07, 6.45) is 6.82. The van der Waals surface area contributed by atoms with E-state index in [9.17, 15) is 4.79 Å². The van der Waals surface area contributed by atoms with Crippen LogP contribution in [-0.4, -0.2) is 42.2 Å². The molecule has 1 saturated heterocycles. The molecule has 0 spiro atoms. The number of nitrogens with zero attached hydrogens (tertiary/aromatic N) is 3. The molecule has 0 atom stereocenters. The van der Waals surface area contributed by atoms with Crippen molar-refractivity contribution in [2.45, 2.75) is 6.54 Å². The van der Waals surface area contributed by atoms with Gasteiger partial charge in [0.2, 0.25) is 0 Å². The third-order valence-corrected chi connectivity index (χ3v) is 4.72. The van der Waals surface area contributed by atoms with E-state index in [0.717, 1.165) is 35.7 Å². The lowest BCUT2D eigenvalue weighted by atomic mass is 10.2. The third-order valence-electron chi connectivity index (χ3n) is 4.72. The number of hydrogen-bond acceptors (Lipinski definition) is 6. The van der Waals surface area contributed by atoms with Crippen LogP contribution in [0.5, 0.6) is 0 Å². The van der Waals surface area contributed by atoms with Gasteiger partial charge in [-0.1, -0.05) is 18.2 Å². The Morgan fingerprint density at radius 3 is 2.72 bits per heavy atom. The largest absolute Gasteiger partial charge is 0.380 e. The van der Waals surface area contributed by atoms with Gasteiger partial charge in [-0.2, -0.15) is 0 Å². The van der Waals surface area contributed by atoms with Gasteiger partial charge in [0.25, 0.3) is 5.91 Å². The maximum atomic E-state index is 12.8. The third kappa shape index (κ3) is 4.89. The molecule has 1 aliphatic rings. The first kappa shape index (κ1) is 18.9. The van der Waals surface area contributed by atoms with Crippen molar-refractivity contribution in [3.8, 4) is 0 Å². The van der Waals surface area contributed by atoms with E-state index < -0.39 is 0 Å². The summed E-state index contributed by atoms with van der Waals surface area (Å²) < 4.78 is 5.43. The van der Waals surface area contributed by atoms with E-state index in [4.69, 9.17) is 4.74 Å². The minimum Gasteiger partial charge on any atom is -0.380 e. The summed E-state index contributed by atoms with van der Waals surface area (Å²) in [7, 11) is 0. The molecule has 2 aromatic heterocycles. The number of carbonyl (C=O) groups excluding carboxylic acids is 1. The molecule has 0 saturated carbocycles. The highest BCUT2D eigenvalue weighted by Gasteiger charge is 2.16. The number of aromatic nitrogens is 2. The molecule has 7 nitrogen and oxygen atoms in total. The van der Waals surface area contributed by atoms with E-state index in [2.05, 4.69) is 25.5 Å². The molecular weight excluding hydrogens is 366 g/mol. The lowest BCUT2D eigenvalue weighted by Gasteiger charge is -2.30. The highest BCUT2D eigenvalue weighted by Crippen LogP contribution is 2.27. The van der Waals surface area contributed by atoms with Crippen molar-refractivity contribution in [1.29, 1.82) is 0 Å². The molecule has 1 amide bonds. The Morgan fingerprint density at radius 2 is 1.90 bits per heavy atom. The molecule has 1 fully saturated rings. The lowest BCUT2D eigenvalue weighted by Crippen LogP contribution is -2.36. The molecule has 2 N–H and O–H groups in total. The number of ether oxygens (including phenoxy) is 1. The second-order valence-electron chi connectivity index (χ2n) is 6.75.